The maximum atomic E-state index is 14.1. The second-order valence-corrected chi connectivity index (χ2v) is 12.1. The van der Waals surface area contributed by atoms with Gasteiger partial charge >= 0.3 is 0 Å². The molecule has 2 aromatic carbocycles. The molecule has 36 heavy (non-hydrogen) atoms. The lowest BCUT2D eigenvalue weighted by molar-refractivity contribution is -0.121. The monoisotopic (exact) mass is 520 g/mol. The number of rotatable bonds is 6. The van der Waals surface area contributed by atoms with Crippen LogP contribution in [0.1, 0.15) is 35.1 Å². The molecule has 3 heterocycles. The van der Waals surface area contributed by atoms with Crippen molar-refractivity contribution < 1.29 is 13.2 Å². The molecule has 1 unspecified atom stereocenters. The number of thiazole rings is 1. The van der Waals surface area contributed by atoms with Crippen LogP contribution < -0.4 is 4.90 Å². The highest BCUT2D eigenvalue weighted by Crippen LogP contribution is 2.36. The van der Waals surface area contributed by atoms with E-state index in [0.717, 1.165) is 32.5 Å². The molecule has 1 atom stereocenters. The Hall–Kier alpha value is -3.14. The fraction of sp³-hybridized carbons (Fsp3) is 0.296. The second kappa shape index (κ2) is 9.72. The number of pyridine rings is 1. The van der Waals surface area contributed by atoms with Gasteiger partial charge in [-0.25, -0.2) is 13.4 Å². The zero-order valence-corrected chi connectivity index (χ0v) is 22.1. The SMILES string of the molecule is Cc1ccc(S(=O)(=O)N2CCCC2C(=O)N(Cc2cccnc2)c2nc3c(C)ccc(C)c3s2)cc1. The molecule has 1 amide bonds. The lowest BCUT2D eigenvalue weighted by atomic mass is 10.1. The van der Waals surface area contributed by atoms with E-state index >= 15 is 0 Å². The van der Waals surface area contributed by atoms with Gasteiger partial charge in [0.05, 0.1) is 21.7 Å². The molecule has 5 rings (SSSR count). The molecule has 0 aliphatic carbocycles. The number of anilines is 1. The zero-order chi connectivity index (χ0) is 25.4. The highest BCUT2D eigenvalue weighted by atomic mass is 32.2. The van der Waals surface area contributed by atoms with E-state index in [0.29, 0.717) is 24.5 Å². The number of carbonyl (C=O) groups excluding carboxylic acids is 1. The van der Waals surface area contributed by atoms with Crippen LogP contribution in [0.5, 0.6) is 0 Å². The van der Waals surface area contributed by atoms with Gasteiger partial charge in [0, 0.05) is 18.9 Å². The predicted molar refractivity (Wildman–Crippen MR) is 143 cm³/mol. The van der Waals surface area contributed by atoms with Crippen molar-refractivity contribution in [3.05, 3.63) is 83.2 Å². The molecule has 0 N–H and O–H groups in total. The molecule has 0 radical (unpaired) electrons. The van der Waals surface area contributed by atoms with Gasteiger partial charge < -0.3 is 0 Å². The summed E-state index contributed by atoms with van der Waals surface area (Å²) in [6.07, 6.45) is 4.50. The number of hydrogen-bond acceptors (Lipinski definition) is 6. The molecular formula is C27H28N4O3S2. The third-order valence-corrected chi connectivity index (χ3v) is 9.74. The normalized spacial score (nSPS) is 16.5. The molecule has 186 valence electrons. The van der Waals surface area contributed by atoms with Gasteiger partial charge in [0.2, 0.25) is 15.9 Å². The Morgan fingerprint density at radius 1 is 1.08 bits per heavy atom. The number of carbonyl (C=O) groups is 1. The van der Waals surface area contributed by atoms with E-state index in [2.05, 4.69) is 11.1 Å². The number of sulfonamides is 1. The number of fused-ring (bicyclic) bond motifs is 1. The Labute approximate surface area is 215 Å². The van der Waals surface area contributed by atoms with Crippen molar-refractivity contribution in [1.82, 2.24) is 14.3 Å². The van der Waals surface area contributed by atoms with Crippen LogP contribution in [0.25, 0.3) is 10.2 Å². The maximum absolute atomic E-state index is 14.1. The van der Waals surface area contributed by atoms with E-state index in [1.165, 1.54) is 15.6 Å². The van der Waals surface area contributed by atoms with Gasteiger partial charge in [0.1, 0.15) is 6.04 Å². The van der Waals surface area contributed by atoms with Crippen molar-refractivity contribution in [3.63, 3.8) is 0 Å². The van der Waals surface area contributed by atoms with Crippen LogP contribution in [0.2, 0.25) is 0 Å². The number of benzene rings is 2. The van der Waals surface area contributed by atoms with E-state index in [1.54, 1.807) is 41.6 Å². The zero-order valence-electron chi connectivity index (χ0n) is 20.5. The quantitative estimate of drug-likeness (QED) is 0.357. The number of aryl methyl sites for hydroxylation is 3. The average molecular weight is 521 g/mol. The highest BCUT2D eigenvalue weighted by molar-refractivity contribution is 7.89. The molecule has 0 saturated carbocycles. The summed E-state index contributed by atoms with van der Waals surface area (Å²) >= 11 is 1.46. The van der Waals surface area contributed by atoms with E-state index in [1.807, 2.05) is 39.0 Å². The van der Waals surface area contributed by atoms with Crippen LogP contribution in [-0.2, 0) is 21.4 Å². The van der Waals surface area contributed by atoms with Crippen molar-refractivity contribution in [3.8, 4) is 0 Å². The predicted octanol–water partition coefficient (Wildman–Crippen LogP) is 5.00. The Morgan fingerprint density at radius 3 is 2.53 bits per heavy atom. The van der Waals surface area contributed by atoms with Crippen LogP contribution in [0.4, 0.5) is 5.13 Å². The largest absolute Gasteiger partial charge is 0.282 e. The molecule has 0 bridgehead atoms. The third-order valence-electron chi connectivity index (χ3n) is 6.61. The molecular weight excluding hydrogens is 492 g/mol. The topological polar surface area (TPSA) is 83.5 Å². The van der Waals surface area contributed by atoms with Crippen molar-refractivity contribution in [1.29, 1.82) is 0 Å². The lowest BCUT2D eigenvalue weighted by Crippen LogP contribution is -2.47. The standard InChI is InChI=1S/C27H28N4O3S2/c1-18-8-12-22(13-9-18)36(33,34)31-15-5-7-23(31)26(32)30(17-21-6-4-14-28-16-21)27-29-24-19(2)10-11-20(3)25(24)35-27/h4,6,8-14,16,23H,5,7,15,17H2,1-3H3. The fourth-order valence-electron chi connectivity index (χ4n) is 4.58. The van der Waals surface area contributed by atoms with Crippen molar-refractivity contribution in [2.24, 2.45) is 0 Å². The Bertz CT molecular complexity index is 1480. The van der Waals surface area contributed by atoms with E-state index in [-0.39, 0.29) is 17.3 Å². The first-order valence-corrected chi connectivity index (χ1v) is 14.2. The van der Waals surface area contributed by atoms with Gasteiger partial charge in [0.25, 0.3) is 0 Å². The number of nitrogens with zero attached hydrogens (tertiary/aromatic N) is 4. The van der Waals surface area contributed by atoms with Crippen molar-refractivity contribution in [2.75, 3.05) is 11.4 Å². The van der Waals surface area contributed by atoms with Crippen LogP contribution in [0.3, 0.4) is 0 Å². The summed E-state index contributed by atoms with van der Waals surface area (Å²) < 4.78 is 29.5. The average Bonchev–Trinajstić information content (AvgIpc) is 3.54. The number of hydrogen-bond donors (Lipinski definition) is 0. The molecule has 2 aromatic heterocycles. The van der Waals surface area contributed by atoms with Gasteiger partial charge in [-0.15, -0.1) is 0 Å². The minimum absolute atomic E-state index is 0.206. The summed E-state index contributed by atoms with van der Waals surface area (Å²) in [6, 6.07) is 13.8. The Kier molecular flexibility index (Phi) is 6.63. The summed E-state index contributed by atoms with van der Waals surface area (Å²) in [4.78, 5) is 25.0. The van der Waals surface area contributed by atoms with Gasteiger partial charge in [0.15, 0.2) is 5.13 Å². The van der Waals surface area contributed by atoms with Gasteiger partial charge in [-0.3, -0.25) is 14.7 Å². The first-order valence-electron chi connectivity index (χ1n) is 11.9. The molecule has 1 saturated heterocycles. The Balaban J connectivity index is 1.55. The van der Waals surface area contributed by atoms with E-state index in [4.69, 9.17) is 4.98 Å². The minimum Gasteiger partial charge on any atom is -0.282 e. The van der Waals surface area contributed by atoms with Crippen molar-refractivity contribution in [2.45, 2.75) is 51.1 Å². The van der Waals surface area contributed by atoms with Crippen LogP contribution in [-0.4, -0.2) is 41.2 Å². The first kappa shape index (κ1) is 24.5. The van der Waals surface area contributed by atoms with E-state index < -0.39 is 16.1 Å². The highest BCUT2D eigenvalue weighted by Gasteiger charge is 2.42. The van der Waals surface area contributed by atoms with Crippen LogP contribution >= 0.6 is 11.3 Å². The second-order valence-electron chi connectivity index (χ2n) is 9.25. The Morgan fingerprint density at radius 2 is 1.83 bits per heavy atom. The molecule has 1 fully saturated rings. The summed E-state index contributed by atoms with van der Waals surface area (Å²) in [7, 11) is -3.82. The molecule has 1 aliphatic rings. The number of amides is 1. The summed E-state index contributed by atoms with van der Waals surface area (Å²) in [5.41, 5.74) is 4.83. The molecule has 0 spiro atoms. The number of aromatic nitrogens is 2. The molecule has 7 nitrogen and oxygen atoms in total. The lowest BCUT2D eigenvalue weighted by Gasteiger charge is -2.28. The first-order chi connectivity index (χ1) is 17.3. The summed E-state index contributed by atoms with van der Waals surface area (Å²) in [5, 5.41) is 0.566. The molecule has 9 heteroatoms. The minimum atomic E-state index is -3.82. The van der Waals surface area contributed by atoms with E-state index in [9.17, 15) is 13.2 Å². The summed E-state index contributed by atoms with van der Waals surface area (Å²) in [5.74, 6) is -0.263. The van der Waals surface area contributed by atoms with Crippen molar-refractivity contribution >= 4 is 42.6 Å². The third kappa shape index (κ3) is 4.54. The van der Waals surface area contributed by atoms with Gasteiger partial charge in [-0.2, -0.15) is 4.31 Å². The smallest absolute Gasteiger partial charge is 0.247 e. The summed E-state index contributed by atoms with van der Waals surface area (Å²) in [6.45, 7) is 6.52. The van der Waals surface area contributed by atoms with Crippen LogP contribution in [0.15, 0.2) is 65.8 Å². The fourth-order valence-corrected chi connectivity index (χ4v) is 7.35. The van der Waals surface area contributed by atoms with Gasteiger partial charge in [-0.05, 0) is 68.5 Å². The maximum Gasteiger partial charge on any atom is 0.247 e. The molecule has 1 aliphatic heterocycles. The van der Waals surface area contributed by atoms with Crippen LogP contribution in [0, 0.1) is 20.8 Å². The molecule has 4 aromatic rings. The van der Waals surface area contributed by atoms with Gasteiger partial charge in [-0.1, -0.05) is 47.2 Å².